The van der Waals surface area contributed by atoms with Gasteiger partial charge in [0.25, 0.3) is 0 Å². The number of nitrogens with two attached hydrogens (primary N) is 1. The molecule has 0 aliphatic carbocycles. The number of aliphatic hydroxyl groups excluding tert-OH is 1. The molecule has 0 bridgehead atoms. The molecule has 88 valence electrons. The Morgan fingerprint density at radius 3 is 2.94 bits per heavy atom. The van der Waals surface area contributed by atoms with E-state index < -0.39 is 0 Å². The first-order valence-electron chi connectivity index (χ1n) is 5.84. The van der Waals surface area contributed by atoms with Gasteiger partial charge in [-0.25, -0.2) is 0 Å². The van der Waals surface area contributed by atoms with Crippen molar-refractivity contribution in [2.75, 3.05) is 13.1 Å². The van der Waals surface area contributed by atoms with E-state index in [1.54, 1.807) is 0 Å². The third-order valence-corrected chi connectivity index (χ3v) is 3.33. The van der Waals surface area contributed by atoms with E-state index in [0.29, 0.717) is 13.1 Å². The number of aliphatic hydroxyl groups is 1. The van der Waals surface area contributed by atoms with Crippen LogP contribution < -0.4 is 5.73 Å². The summed E-state index contributed by atoms with van der Waals surface area (Å²) in [6.07, 6.45) is -0.302. The minimum absolute atomic E-state index is 0.268. The summed E-state index contributed by atoms with van der Waals surface area (Å²) in [5, 5.41) is 9.49. The number of benzene rings is 1. The van der Waals surface area contributed by atoms with Gasteiger partial charge in [0.05, 0.1) is 6.10 Å². The maximum Gasteiger partial charge on any atom is 0.0639 e. The van der Waals surface area contributed by atoms with Gasteiger partial charge in [-0.05, 0) is 30.5 Å². The minimum Gasteiger partial charge on any atom is -0.392 e. The number of aryl methyl sites for hydroxylation is 1. The monoisotopic (exact) mass is 220 g/mol. The van der Waals surface area contributed by atoms with E-state index in [4.69, 9.17) is 5.73 Å². The average Bonchev–Trinajstić information content (AvgIpc) is 2.56. The van der Waals surface area contributed by atoms with Gasteiger partial charge in [0.15, 0.2) is 0 Å². The lowest BCUT2D eigenvalue weighted by molar-refractivity contribution is 0.105. The molecule has 0 saturated carbocycles. The van der Waals surface area contributed by atoms with Gasteiger partial charge in [-0.15, -0.1) is 0 Å². The highest BCUT2D eigenvalue weighted by atomic mass is 16.3. The molecule has 1 aromatic rings. The summed E-state index contributed by atoms with van der Waals surface area (Å²) >= 11 is 0. The molecule has 2 rings (SSSR count). The minimum atomic E-state index is -0.302. The normalized spacial score (nSPS) is 22.1. The predicted molar refractivity (Wildman–Crippen MR) is 65.1 cm³/mol. The Morgan fingerprint density at radius 1 is 1.56 bits per heavy atom. The van der Waals surface area contributed by atoms with Crippen molar-refractivity contribution in [2.24, 2.45) is 5.73 Å². The molecule has 2 atom stereocenters. The molecule has 0 spiro atoms. The first-order chi connectivity index (χ1) is 7.63. The fourth-order valence-electron chi connectivity index (χ4n) is 2.57. The zero-order chi connectivity index (χ0) is 11.7. The van der Waals surface area contributed by atoms with Gasteiger partial charge in [0.1, 0.15) is 0 Å². The van der Waals surface area contributed by atoms with Crippen LogP contribution in [0.25, 0.3) is 0 Å². The highest BCUT2D eigenvalue weighted by molar-refractivity contribution is 5.40. The molecule has 0 aromatic heterocycles. The fraction of sp³-hybridized carbons (Fsp3) is 0.538. The maximum atomic E-state index is 9.49. The summed E-state index contributed by atoms with van der Waals surface area (Å²) in [5.41, 5.74) is 9.89. The summed E-state index contributed by atoms with van der Waals surface area (Å²) in [5.74, 6) is 0. The Bertz CT molecular complexity index is 376. The summed E-state index contributed by atoms with van der Waals surface area (Å²) in [4.78, 5) is 2.27. The summed E-state index contributed by atoms with van der Waals surface area (Å²) in [6, 6.07) is 6.65. The second-order valence-corrected chi connectivity index (χ2v) is 4.67. The molecular formula is C13H20N2O. The van der Waals surface area contributed by atoms with Crippen LogP contribution in [0.1, 0.15) is 29.7 Å². The Balaban J connectivity index is 2.28. The molecule has 1 aromatic carbocycles. The molecule has 3 heteroatoms. The molecule has 2 unspecified atom stereocenters. The van der Waals surface area contributed by atoms with Gasteiger partial charge < -0.3 is 10.8 Å². The Hall–Kier alpha value is -0.900. The van der Waals surface area contributed by atoms with E-state index in [9.17, 15) is 5.11 Å². The van der Waals surface area contributed by atoms with Gasteiger partial charge in [-0.3, -0.25) is 4.90 Å². The molecule has 1 aliphatic rings. The molecule has 0 amide bonds. The van der Waals surface area contributed by atoms with E-state index in [-0.39, 0.29) is 12.1 Å². The second kappa shape index (κ2) is 4.53. The predicted octanol–water partition coefficient (Wildman–Crippen LogP) is 1.19. The first kappa shape index (κ1) is 11.6. The third kappa shape index (κ3) is 1.98. The van der Waals surface area contributed by atoms with E-state index in [1.807, 2.05) is 6.92 Å². The molecule has 1 heterocycles. The van der Waals surface area contributed by atoms with Crippen LogP contribution in [0.15, 0.2) is 18.2 Å². The number of hydrogen-bond acceptors (Lipinski definition) is 3. The molecule has 3 nitrogen and oxygen atoms in total. The number of fused-ring (bicyclic) bond motifs is 1. The van der Waals surface area contributed by atoms with Crippen LogP contribution in [0.3, 0.4) is 0 Å². The van der Waals surface area contributed by atoms with Gasteiger partial charge in [-0.1, -0.05) is 18.2 Å². The van der Waals surface area contributed by atoms with Gasteiger partial charge in [0, 0.05) is 25.7 Å². The van der Waals surface area contributed by atoms with E-state index in [1.165, 1.54) is 16.7 Å². The summed E-state index contributed by atoms with van der Waals surface area (Å²) in [7, 11) is 0. The van der Waals surface area contributed by atoms with Crippen LogP contribution in [0.2, 0.25) is 0 Å². The number of β-amino-alcohol motifs (C(OH)–C–C–N with tert-alkyl or cyclic N) is 1. The topological polar surface area (TPSA) is 49.5 Å². The van der Waals surface area contributed by atoms with Crippen molar-refractivity contribution in [2.45, 2.75) is 32.5 Å². The lowest BCUT2D eigenvalue weighted by Gasteiger charge is -2.24. The Labute approximate surface area is 96.9 Å². The summed E-state index contributed by atoms with van der Waals surface area (Å²) < 4.78 is 0. The largest absolute Gasteiger partial charge is 0.392 e. The molecule has 0 saturated heterocycles. The van der Waals surface area contributed by atoms with Gasteiger partial charge in [-0.2, -0.15) is 0 Å². The smallest absolute Gasteiger partial charge is 0.0639 e. The highest BCUT2D eigenvalue weighted by Gasteiger charge is 2.30. The van der Waals surface area contributed by atoms with Crippen molar-refractivity contribution in [3.63, 3.8) is 0 Å². The van der Waals surface area contributed by atoms with Crippen LogP contribution in [0.4, 0.5) is 0 Å². The van der Waals surface area contributed by atoms with E-state index in [0.717, 1.165) is 6.54 Å². The van der Waals surface area contributed by atoms with Crippen molar-refractivity contribution in [3.05, 3.63) is 34.9 Å². The summed E-state index contributed by atoms with van der Waals surface area (Å²) in [6.45, 7) is 6.18. The fourth-order valence-corrected chi connectivity index (χ4v) is 2.57. The second-order valence-electron chi connectivity index (χ2n) is 4.67. The van der Waals surface area contributed by atoms with Crippen molar-refractivity contribution in [1.29, 1.82) is 0 Å². The number of nitrogens with zero attached hydrogens (tertiary/aromatic N) is 1. The van der Waals surface area contributed by atoms with E-state index >= 15 is 0 Å². The highest BCUT2D eigenvalue weighted by Crippen LogP contribution is 2.34. The SMILES string of the molecule is Cc1cccc2c1CN(CC(C)O)C2CN. The van der Waals surface area contributed by atoms with Gasteiger partial charge in [0.2, 0.25) is 0 Å². The zero-order valence-corrected chi connectivity index (χ0v) is 9.98. The maximum absolute atomic E-state index is 9.49. The van der Waals surface area contributed by atoms with Crippen LogP contribution in [0, 0.1) is 6.92 Å². The molecule has 3 N–H and O–H groups in total. The van der Waals surface area contributed by atoms with Crippen LogP contribution in [0.5, 0.6) is 0 Å². The molecule has 0 fully saturated rings. The van der Waals surface area contributed by atoms with Crippen molar-refractivity contribution in [1.82, 2.24) is 4.90 Å². The molecule has 16 heavy (non-hydrogen) atoms. The number of rotatable bonds is 3. The van der Waals surface area contributed by atoms with Crippen LogP contribution in [-0.4, -0.2) is 29.2 Å². The third-order valence-electron chi connectivity index (χ3n) is 3.33. The zero-order valence-electron chi connectivity index (χ0n) is 9.98. The molecule has 0 radical (unpaired) electrons. The lowest BCUT2D eigenvalue weighted by atomic mass is 10.0. The van der Waals surface area contributed by atoms with Crippen molar-refractivity contribution in [3.8, 4) is 0 Å². The average molecular weight is 220 g/mol. The van der Waals surface area contributed by atoms with Crippen molar-refractivity contribution >= 4 is 0 Å². The lowest BCUT2D eigenvalue weighted by Crippen LogP contribution is -2.33. The quantitative estimate of drug-likeness (QED) is 0.804. The van der Waals surface area contributed by atoms with E-state index in [2.05, 4.69) is 30.0 Å². The van der Waals surface area contributed by atoms with Crippen LogP contribution >= 0.6 is 0 Å². The molecular weight excluding hydrogens is 200 g/mol. The van der Waals surface area contributed by atoms with Crippen molar-refractivity contribution < 1.29 is 5.11 Å². The first-order valence-corrected chi connectivity index (χ1v) is 5.84. The Kier molecular flexibility index (Phi) is 3.28. The number of hydrogen-bond donors (Lipinski definition) is 2. The van der Waals surface area contributed by atoms with Crippen LogP contribution in [-0.2, 0) is 6.54 Å². The Morgan fingerprint density at radius 2 is 2.31 bits per heavy atom. The molecule has 1 aliphatic heterocycles. The van der Waals surface area contributed by atoms with Gasteiger partial charge >= 0.3 is 0 Å². The standard InChI is InChI=1S/C13H20N2O/c1-9-4-3-5-11-12(9)8-15(7-10(2)16)13(11)6-14/h3-5,10,13,16H,6-8,14H2,1-2H3.